The Labute approximate surface area is 201 Å². The van der Waals surface area contributed by atoms with Gasteiger partial charge in [-0.25, -0.2) is 12.8 Å². The third-order valence-electron chi connectivity index (χ3n) is 5.58. The van der Waals surface area contributed by atoms with Crippen molar-refractivity contribution in [2.45, 2.75) is 10.3 Å². The molecule has 0 radical (unpaired) electrons. The molecule has 3 aromatic rings. The molecule has 1 N–H and O–H groups in total. The fraction of sp³-hybridized carbons (Fsp3) is 0.208. The predicted molar refractivity (Wildman–Crippen MR) is 122 cm³/mol. The van der Waals surface area contributed by atoms with Crippen LogP contribution >= 0.6 is 0 Å². The van der Waals surface area contributed by atoms with Gasteiger partial charge in [-0.2, -0.15) is 0 Å². The maximum absolute atomic E-state index is 13.4. The van der Waals surface area contributed by atoms with E-state index in [1.807, 2.05) is 0 Å². The Morgan fingerprint density at radius 3 is 2.09 bits per heavy atom. The molecule has 4 rings (SSSR count). The fourth-order valence-corrected chi connectivity index (χ4v) is 5.15. The average Bonchev–Trinajstić information content (AvgIpc) is 3.42. The van der Waals surface area contributed by atoms with Gasteiger partial charge in [0.15, 0.2) is 5.76 Å². The van der Waals surface area contributed by atoms with Gasteiger partial charge < -0.3 is 19.5 Å². The minimum atomic E-state index is -4.44. The zero-order chi connectivity index (χ0) is 25.0. The van der Waals surface area contributed by atoms with Crippen LogP contribution in [-0.2, 0) is 14.6 Å². The highest BCUT2D eigenvalue weighted by Gasteiger charge is 2.40. The summed E-state index contributed by atoms with van der Waals surface area (Å²) in [7, 11) is -4.44. The Bertz CT molecular complexity index is 1300. The van der Waals surface area contributed by atoms with Gasteiger partial charge in [-0.3, -0.25) is 14.4 Å². The molecule has 1 aliphatic rings. The summed E-state index contributed by atoms with van der Waals surface area (Å²) in [5.74, 6) is -2.77. The van der Waals surface area contributed by atoms with Crippen LogP contribution < -0.4 is 5.32 Å². The van der Waals surface area contributed by atoms with E-state index >= 15 is 0 Å². The number of carbonyl (C=O) groups is 3. The largest absolute Gasteiger partial charge is 0.459 e. The van der Waals surface area contributed by atoms with E-state index in [1.165, 1.54) is 23.3 Å². The molecule has 1 aliphatic heterocycles. The van der Waals surface area contributed by atoms with Crippen molar-refractivity contribution in [3.05, 3.63) is 90.1 Å². The van der Waals surface area contributed by atoms with Crippen molar-refractivity contribution >= 4 is 27.6 Å². The smallest absolute Gasteiger partial charge is 0.288 e. The molecule has 1 saturated heterocycles. The number of sulfone groups is 1. The van der Waals surface area contributed by atoms with Gasteiger partial charge >= 0.3 is 0 Å². The summed E-state index contributed by atoms with van der Waals surface area (Å²) in [6, 6.07) is 15.4. The van der Waals surface area contributed by atoms with Gasteiger partial charge in [-0.1, -0.05) is 18.2 Å². The maximum Gasteiger partial charge on any atom is 0.288 e. The summed E-state index contributed by atoms with van der Waals surface area (Å²) in [6.45, 7) is 0.525. The molecule has 1 atom stereocenters. The number of hydrogen-bond acceptors (Lipinski definition) is 6. The molecule has 35 heavy (non-hydrogen) atoms. The third kappa shape index (κ3) is 5.24. The first-order chi connectivity index (χ1) is 16.8. The van der Waals surface area contributed by atoms with Crippen LogP contribution in [0.5, 0.6) is 0 Å². The zero-order valence-electron chi connectivity index (χ0n) is 18.5. The predicted octanol–water partition coefficient (Wildman–Crippen LogP) is 1.93. The molecule has 2 aromatic carbocycles. The van der Waals surface area contributed by atoms with Gasteiger partial charge in [0.2, 0.25) is 15.2 Å². The van der Waals surface area contributed by atoms with E-state index in [1.54, 1.807) is 35.2 Å². The number of amides is 3. The number of furan rings is 1. The van der Waals surface area contributed by atoms with Crippen LogP contribution in [-0.4, -0.2) is 67.5 Å². The lowest BCUT2D eigenvalue weighted by Crippen LogP contribution is -2.57. The number of rotatable bonds is 6. The Morgan fingerprint density at radius 1 is 0.857 bits per heavy atom. The second kappa shape index (κ2) is 10.1. The summed E-state index contributed by atoms with van der Waals surface area (Å²) in [6.07, 6.45) is 1.24. The molecule has 0 bridgehead atoms. The Hall–Kier alpha value is -3.99. The van der Waals surface area contributed by atoms with Gasteiger partial charge in [0.05, 0.1) is 11.2 Å². The van der Waals surface area contributed by atoms with Crippen LogP contribution in [0, 0.1) is 5.82 Å². The molecule has 0 saturated carbocycles. The van der Waals surface area contributed by atoms with Gasteiger partial charge in [0, 0.05) is 31.7 Å². The molecule has 0 spiro atoms. The molecular weight excluding hydrogens is 477 g/mol. The van der Waals surface area contributed by atoms with Crippen LogP contribution in [0.4, 0.5) is 4.39 Å². The normalized spacial score (nSPS) is 14.9. The lowest BCUT2D eigenvalue weighted by Gasteiger charge is -2.36. The number of benzene rings is 2. The van der Waals surface area contributed by atoms with Crippen LogP contribution in [0.15, 0.2) is 82.3 Å². The monoisotopic (exact) mass is 499 g/mol. The Kier molecular flexibility index (Phi) is 6.97. The van der Waals surface area contributed by atoms with E-state index in [0.717, 1.165) is 24.3 Å². The minimum absolute atomic E-state index is 0.0729. The number of halogens is 1. The summed E-state index contributed by atoms with van der Waals surface area (Å²) in [5, 5.41) is 0.273. The maximum atomic E-state index is 13.4. The van der Waals surface area contributed by atoms with Gasteiger partial charge in [-0.15, -0.1) is 0 Å². The van der Waals surface area contributed by atoms with E-state index in [2.05, 4.69) is 5.32 Å². The second-order valence-corrected chi connectivity index (χ2v) is 9.85. The highest BCUT2D eigenvalue weighted by molar-refractivity contribution is 7.92. The van der Waals surface area contributed by atoms with Crippen molar-refractivity contribution in [3.8, 4) is 0 Å². The second-order valence-electron chi connectivity index (χ2n) is 7.81. The van der Waals surface area contributed by atoms with E-state index in [0.29, 0.717) is 5.56 Å². The van der Waals surface area contributed by atoms with E-state index in [4.69, 9.17) is 4.42 Å². The van der Waals surface area contributed by atoms with Crippen LogP contribution in [0.25, 0.3) is 0 Å². The van der Waals surface area contributed by atoms with E-state index in [-0.39, 0.29) is 42.7 Å². The highest BCUT2D eigenvalue weighted by atomic mass is 32.2. The number of carbonyl (C=O) groups excluding carboxylic acids is 3. The van der Waals surface area contributed by atoms with Crippen molar-refractivity contribution in [1.29, 1.82) is 0 Å². The van der Waals surface area contributed by atoms with E-state index in [9.17, 15) is 27.2 Å². The fourth-order valence-electron chi connectivity index (χ4n) is 3.69. The number of piperazine rings is 1. The lowest BCUT2D eigenvalue weighted by molar-refractivity contribution is -0.132. The number of nitrogens with zero attached hydrogens (tertiary/aromatic N) is 2. The van der Waals surface area contributed by atoms with Crippen LogP contribution in [0.2, 0.25) is 0 Å². The quantitative estimate of drug-likeness (QED) is 0.518. The molecule has 182 valence electrons. The summed E-state index contributed by atoms with van der Waals surface area (Å²) in [5.41, 5.74) is 0.509. The van der Waals surface area contributed by atoms with Crippen molar-refractivity contribution in [1.82, 2.24) is 15.1 Å². The molecule has 0 aliphatic carbocycles. The van der Waals surface area contributed by atoms with E-state index < -0.39 is 32.8 Å². The molecule has 3 amide bonds. The Morgan fingerprint density at radius 2 is 1.49 bits per heavy atom. The molecule has 2 heterocycles. The van der Waals surface area contributed by atoms with Crippen LogP contribution in [0.3, 0.4) is 0 Å². The number of nitrogens with one attached hydrogen (secondary N) is 1. The topological polar surface area (TPSA) is 117 Å². The van der Waals surface area contributed by atoms with Gasteiger partial charge in [0.25, 0.3) is 17.7 Å². The molecule has 1 aromatic heterocycles. The first-order valence-corrected chi connectivity index (χ1v) is 12.3. The first kappa shape index (κ1) is 24.1. The van der Waals surface area contributed by atoms with Crippen molar-refractivity contribution in [3.63, 3.8) is 0 Å². The van der Waals surface area contributed by atoms with Crippen molar-refractivity contribution in [2.24, 2.45) is 0 Å². The first-order valence-electron chi connectivity index (χ1n) is 10.7. The minimum Gasteiger partial charge on any atom is -0.459 e. The lowest BCUT2D eigenvalue weighted by atomic mass is 10.2. The van der Waals surface area contributed by atoms with Crippen molar-refractivity contribution in [2.75, 3.05) is 26.2 Å². The molecule has 9 nitrogen and oxygen atoms in total. The molecule has 1 fully saturated rings. The molecule has 11 heteroatoms. The van der Waals surface area contributed by atoms with Gasteiger partial charge in [-0.05, 0) is 48.5 Å². The summed E-state index contributed by atoms with van der Waals surface area (Å²) < 4.78 is 45.0. The van der Waals surface area contributed by atoms with Gasteiger partial charge in [0.1, 0.15) is 5.82 Å². The summed E-state index contributed by atoms with van der Waals surface area (Å²) in [4.78, 5) is 41.2. The SMILES string of the molecule is O=C(N[C@@H](C(=O)N1CCN(C(=O)c2ccccc2)CC1)S(=O)(=O)c1ccc(F)cc1)c1ccco1. The average molecular weight is 500 g/mol. The Balaban J connectivity index is 1.54. The standard InChI is InChI=1S/C24H22FN3O6S/c25-18-8-10-19(11-9-18)35(32,33)22(26-21(29)20-7-4-16-34-20)24(31)28-14-12-27(13-15-28)23(30)17-5-2-1-3-6-17/h1-11,16,22H,12-15H2,(H,26,29)/t22-/m1/s1. The third-order valence-corrected chi connectivity index (χ3v) is 7.45. The molecule has 0 unspecified atom stereocenters. The number of hydrogen-bond donors (Lipinski definition) is 1. The highest BCUT2D eigenvalue weighted by Crippen LogP contribution is 2.19. The zero-order valence-corrected chi connectivity index (χ0v) is 19.3. The molecular formula is C24H22FN3O6S. The summed E-state index contributed by atoms with van der Waals surface area (Å²) >= 11 is 0. The van der Waals surface area contributed by atoms with Crippen molar-refractivity contribution < 1.29 is 31.6 Å². The van der Waals surface area contributed by atoms with Crippen LogP contribution in [0.1, 0.15) is 20.9 Å².